The summed E-state index contributed by atoms with van der Waals surface area (Å²) in [5.74, 6) is -0.139. The summed E-state index contributed by atoms with van der Waals surface area (Å²) in [6, 6.07) is -0.758. The first-order valence-corrected chi connectivity index (χ1v) is 31.7. The zero-order valence-electron chi connectivity index (χ0n) is 46.8. The number of hydrogen-bond acceptors (Lipinski definition) is 5. The Morgan fingerprint density at radius 2 is 0.826 bits per heavy atom. The molecular weight excluding hydrogens is 876 g/mol. The third kappa shape index (κ3) is 54.6. The molecule has 0 aliphatic heterocycles. The van der Waals surface area contributed by atoms with Gasteiger partial charge in [-0.05, 0) is 44.9 Å². The van der Waals surface area contributed by atoms with Crippen molar-refractivity contribution in [2.24, 2.45) is 0 Å². The molecule has 0 saturated carbocycles. The number of phosphoric ester groups is 1. The lowest BCUT2D eigenvalue weighted by Crippen LogP contribution is -2.46. The van der Waals surface area contributed by atoms with E-state index in [0.29, 0.717) is 23.9 Å². The molecule has 8 nitrogen and oxygen atoms in total. The number of nitrogens with one attached hydrogen (secondary N) is 1. The second-order valence-electron chi connectivity index (χ2n) is 22.1. The van der Waals surface area contributed by atoms with Gasteiger partial charge in [0.2, 0.25) is 5.91 Å². The zero-order chi connectivity index (χ0) is 50.6. The van der Waals surface area contributed by atoms with Crippen molar-refractivity contribution in [3.8, 4) is 0 Å². The third-order valence-corrected chi connectivity index (χ3v) is 14.9. The monoisotopic (exact) mass is 996 g/mol. The van der Waals surface area contributed by atoms with E-state index in [-0.39, 0.29) is 19.1 Å². The largest absolute Gasteiger partial charge is 0.472 e. The van der Waals surface area contributed by atoms with Gasteiger partial charge in [-0.25, -0.2) is 4.57 Å². The van der Waals surface area contributed by atoms with Crippen LogP contribution in [-0.4, -0.2) is 73.4 Å². The van der Waals surface area contributed by atoms with Gasteiger partial charge in [0.05, 0.1) is 39.9 Å². The van der Waals surface area contributed by atoms with Crippen LogP contribution in [0.2, 0.25) is 0 Å². The van der Waals surface area contributed by atoms with E-state index in [9.17, 15) is 19.4 Å². The summed E-state index contributed by atoms with van der Waals surface area (Å²) in [6.07, 6.45) is 65.2. The average Bonchev–Trinajstić information content (AvgIpc) is 3.31. The normalized spacial score (nSPS) is 14.0. The summed E-state index contributed by atoms with van der Waals surface area (Å²) in [7, 11) is 1.63. The van der Waals surface area contributed by atoms with Gasteiger partial charge in [0.25, 0.3) is 0 Å². The first-order valence-electron chi connectivity index (χ1n) is 30.2. The quantitative estimate of drug-likeness (QED) is 0.0243. The van der Waals surface area contributed by atoms with Gasteiger partial charge in [-0.1, -0.05) is 276 Å². The molecule has 1 amide bonds. The lowest BCUT2D eigenvalue weighted by molar-refractivity contribution is -0.870. The molecule has 0 saturated heterocycles. The second-order valence-corrected chi connectivity index (χ2v) is 23.5. The Labute approximate surface area is 430 Å². The van der Waals surface area contributed by atoms with Crippen molar-refractivity contribution in [3.63, 3.8) is 0 Å². The van der Waals surface area contributed by atoms with Gasteiger partial charge >= 0.3 is 7.82 Å². The smallest absolute Gasteiger partial charge is 0.391 e. The first kappa shape index (κ1) is 68.0. The fraction of sp³-hybridized carbons (Fsp3) is 0.917. The summed E-state index contributed by atoms with van der Waals surface area (Å²) in [4.78, 5) is 23.4. The molecule has 0 fully saturated rings. The molecule has 0 aliphatic carbocycles. The van der Waals surface area contributed by atoms with E-state index in [1.165, 1.54) is 231 Å². The summed E-state index contributed by atoms with van der Waals surface area (Å²) in [5.41, 5.74) is 0. The highest BCUT2D eigenvalue weighted by Gasteiger charge is 2.28. The molecule has 0 spiro atoms. The average molecular weight is 997 g/mol. The van der Waals surface area contributed by atoms with E-state index in [1.807, 2.05) is 21.1 Å². The number of likely N-dealkylation sites (N-methyl/N-ethyl adjacent to an activating group) is 1. The highest BCUT2D eigenvalue weighted by Crippen LogP contribution is 2.43. The summed E-state index contributed by atoms with van der Waals surface area (Å²) in [6.45, 7) is 4.92. The summed E-state index contributed by atoms with van der Waals surface area (Å²) in [5, 5.41) is 14.1. The number of rotatable bonds is 56. The fourth-order valence-electron chi connectivity index (χ4n) is 9.20. The molecule has 0 aromatic heterocycles. The van der Waals surface area contributed by atoms with Crippen molar-refractivity contribution in [1.29, 1.82) is 0 Å². The first-order chi connectivity index (χ1) is 33.5. The zero-order valence-corrected chi connectivity index (χ0v) is 47.7. The van der Waals surface area contributed by atoms with Crippen molar-refractivity contribution in [2.45, 2.75) is 315 Å². The predicted octanol–water partition coefficient (Wildman–Crippen LogP) is 18.4. The maximum atomic E-state index is 13.0. The van der Waals surface area contributed by atoms with Crippen molar-refractivity contribution in [2.75, 3.05) is 40.9 Å². The summed E-state index contributed by atoms with van der Waals surface area (Å²) < 4.78 is 23.8. The van der Waals surface area contributed by atoms with Crippen LogP contribution < -0.4 is 5.32 Å². The number of phosphoric acid groups is 1. The second kappa shape index (κ2) is 51.9. The number of unbranched alkanes of at least 4 members (excludes halogenated alkanes) is 39. The maximum absolute atomic E-state index is 13.0. The SMILES string of the molecule is CCCCCCC/C=C\C/C=C\CCCCCCCCCCCCCCCCCCCC(=O)NC(COP(=O)(O)OCC[N+](C)(C)C)C(O)CCCCCCCCCCCCCCCCCCCC. The highest BCUT2D eigenvalue weighted by atomic mass is 31.2. The number of amides is 1. The Bertz CT molecular complexity index is 1170. The molecule has 0 aromatic rings. The van der Waals surface area contributed by atoms with E-state index >= 15 is 0 Å². The molecular formula is C60H120N2O6P+. The standard InChI is InChI=1S/C60H119N2O6P/c1-6-8-10-12-14-16-18-20-22-24-26-27-28-29-30-31-32-33-34-35-36-38-40-42-44-46-48-50-52-54-60(64)61-58(57-68-69(65,66)67-56-55-62(3,4)5)59(63)53-51-49-47-45-43-41-39-37-25-23-21-19-17-15-13-11-9-7-2/h18,20,24,26,58-59,63H,6-17,19,21-23,25,27-57H2,1-5H3,(H-,61,64,65,66)/p+1/b20-18-,26-24-. The van der Waals surface area contributed by atoms with Crippen LogP contribution in [0.1, 0.15) is 303 Å². The van der Waals surface area contributed by atoms with Gasteiger partial charge < -0.3 is 19.8 Å². The lowest BCUT2D eigenvalue weighted by atomic mass is 10.0. The van der Waals surface area contributed by atoms with E-state index in [4.69, 9.17) is 9.05 Å². The Balaban J connectivity index is 4.07. The molecule has 69 heavy (non-hydrogen) atoms. The van der Waals surface area contributed by atoms with Crippen LogP contribution in [0.4, 0.5) is 0 Å². The number of aliphatic hydroxyl groups excluding tert-OH is 1. The van der Waals surface area contributed by atoms with Crippen LogP contribution in [0.25, 0.3) is 0 Å². The predicted molar refractivity (Wildman–Crippen MR) is 300 cm³/mol. The molecule has 0 aliphatic rings. The van der Waals surface area contributed by atoms with Crippen LogP contribution in [0.15, 0.2) is 24.3 Å². The van der Waals surface area contributed by atoms with Gasteiger partial charge in [0.1, 0.15) is 13.2 Å². The van der Waals surface area contributed by atoms with E-state index in [2.05, 4.69) is 43.5 Å². The Morgan fingerprint density at radius 3 is 1.19 bits per heavy atom. The minimum absolute atomic E-state index is 0.0770. The van der Waals surface area contributed by atoms with Crippen molar-refractivity contribution in [1.82, 2.24) is 5.32 Å². The number of carbonyl (C=O) groups excluding carboxylic acids is 1. The van der Waals surface area contributed by atoms with Crippen LogP contribution in [0.5, 0.6) is 0 Å². The number of quaternary nitrogens is 1. The highest BCUT2D eigenvalue weighted by molar-refractivity contribution is 7.47. The fourth-order valence-corrected chi connectivity index (χ4v) is 9.93. The van der Waals surface area contributed by atoms with Crippen LogP contribution in [0, 0.1) is 0 Å². The van der Waals surface area contributed by atoms with Gasteiger partial charge in [0.15, 0.2) is 0 Å². The molecule has 3 unspecified atom stereocenters. The molecule has 3 atom stereocenters. The van der Waals surface area contributed by atoms with E-state index in [0.717, 1.165) is 44.9 Å². The Hall–Kier alpha value is -1.02. The van der Waals surface area contributed by atoms with Crippen molar-refractivity contribution in [3.05, 3.63) is 24.3 Å². The molecule has 0 heterocycles. The Morgan fingerprint density at radius 1 is 0.493 bits per heavy atom. The van der Waals surface area contributed by atoms with E-state index < -0.39 is 20.0 Å². The number of hydrogen-bond donors (Lipinski definition) is 3. The topological polar surface area (TPSA) is 105 Å². The molecule has 0 bridgehead atoms. The van der Waals surface area contributed by atoms with Crippen LogP contribution in [-0.2, 0) is 18.4 Å². The minimum atomic E-state index is -4.32. The number of carbonyl (C=O) groups is 1. The Kier molecular flexibility index (Phi) is 51.1. The minimum Gasteiger partial charge on any atom is -0.391 e. The molecule has 0 aromatic carbocycles. The molecule has 3 N–H and O–H groups in total. The van der Waals surface area contributed by atoms with Gasteiger partial charge in [-0.3, -0.25) is 13.8 Å². The van der Waals surface area contributed by atoms with E-state index in [1.54, 1.807) is 0 Å². The maximum Gasteiger partial charge on any atom is 0.472 e. The molecule has 410 valence electrons. The molecule has 0 rings (SSSR count). The van der Waals surface area contributed by atoms with Crippen LogP contribution in [0.3, 0.4) is 0 Å². The number of allylic oxidation sites excluding steroid dienone is 4. The number of aliphatic hydroxyl groups is 1. The van der Waals surface area contributed by atoms with Crippen molar-refractivity contribution < 1.29 is 32.9 Å². The summed E-state index contributed by atoms with van der Waals surface area (Å²) >= 11 is 0. The molecule has 0 radical (unpaired) electrons. The third-order valence-electron chi connectivity index (χ3n) is 14.0. The van der Waals surface area contributed by atoms with Crippen LogP contribution >= 0.6 is 7.82 Å². The van der Waals surface area contributed by atoms with Gasteiger partial charge in [0, 0.05) is 6.42 Å². The lowest BCUT2D eigenvalue weighted by Gasteiger charge is -2.26. The van der Waals surface area contributed by atoms with Gasteiger partial charge in [-0.2, -0.15) is 0 Å². The number of nitrogens with zero attached hydrogens (tertiary/aromatic N) is 1. The van der Waals surface area contributed by atoms with Gasteiger partial charge in [-0.15, -0.1) is 0 Å². The van der Waals surface area contributed by atoms with Crippen molar-refractivity contribution >= 4 is 13.7 Å². The molecule has 9 heteroatoms.